The van der Waals surface area contributed by atoms with Gasteiger partial charge < -0.3 is 20.3 Å². The second-order valence-electron chi connectivity index (χ2n) is 10.0. The Labute approximate surface area is 206 Å². The largest absolute Gasteiger partial charge is 0.491 e. The Morgan fingerprint density at radius 1 is 1.17 bits per heavy atom. The molecule has 2 aromatic rings. The van der Waals surface area contributed by atoms with Crippen molar-refractivity contribution in [1.82, 2.24) is 25.3 Å². The first-order valence-corrected chi connectivity index (χ1v) is 12.4. The van der Waals surface area contributed by atoms with Crippen molar-refractivity contribution in [2.24, 2.45) is 0 Å². The fourth-order valence-corrected chi connectivity index (χ4v) is 4.66. The van der Waals surface area contributed by atoms with Crippen molar-refractivity contribution in [1.29, 1.82) is 0 Å². The molecule has 1 aliphatic heterocycles. The molecule has 4 rings (SSSR count). The quantitative estimate of drug-likeness (QED) is 0.633. The number of benzene rings is 1. The molecule has 188 valence electrons. The molecule has 0 radical (unpaired) electrons. The summed E-state index contributed by atoms with van der Waals surface area (Å²) in [6.07, 6.45) is 5.42. The van der Waals surface area contributed by atoms with E-state index >= 15 is 0 Å². The van der Waals surface area contributed by atoms with Gasteiger partial charge in [0.15, 0.2) is 5.69 Å². The molecule has 0 spiro atoms. The van der Waals surface area contributed by atoms with Crippen LogP contribution in [-0.4, -0.2) is 57.1 Å². The van der Waals surface area contributed by atoms with Crippen molar-refractivity contribution in [3.63, 3.8) is 0 Å². The van der Waals surface area contributed by atoms with Gasteiger partial charge in [0, 0.05) is 25.7 Å². The van der Waals surface area contributed by atoms with Crippen LogP contribution in [0.25, 0.3) is 0 Å². The minimum atomic E-state index is -1.08. The second-order valence-corrected chi connectivity index (χ2v) is 10.0. The molecule has 0 unspecified atom stereocenters. The van der Waals surface area contributed by atoms with Crippen molar-refractivity contribution in [2.75, 3.05) is 7.05 Å². The molecule has 1 atom stereocenters. The van der Waals surface area contributed by atoms with Crippen molar-refractivity contribution >= 4 is 17.7 Å². The molecule has 9 nitrogen and oxygen atoms in total. The SMILES string of the molecule is CC(C)Oc1ccc(CNC(=O)c2cc3n(n2)C[C@](C)(C(=O)NC2CCCCC2)N(C)C3=O)cc1. The number of nitrogens with zero attached hydrogens (tertiary/aromatic N) is 3. The first-order chi connectivity index (χ1) is 16.7. The number of ether oxygens (including phenoxy) is 1. The van der Waals surface area contributed by atoms with E-state index in [9.17, 15) is 14.4 Å². The summed E-state index contributed by atoms with van der Waals surface area (Å²) in [7, 11) is 1.63. The molecule has 1 aromatic carbocycles. The number of carbonyl (C=O) groups is 3. The van der Waals surface area contributed by atoms with E-state index < -0.39 is 5.54 Å². The van der Waals surface area contributed by atoms with Gasteiger partial charge in [-0.05, 0) is 51.3 Å². The van der Waals surface area contributed by atoms with Crippen LogP contribution in [0.2, 0.25) is 0 Å². The molecule has 1 aromatic heterocycles. The molecule has 1 saturated carbocycles. The fourth-order valence-electron chi connectivity index (χ4n) is 4.66. The number of hydrogen-bond acceptors (Lipinski definition) is 5. The summed E-state index contributed by atoms with van der Waals surface area (Å²) in [5.74, 6) is -0.115. The number of fused-ring (bicyclic) bond motifs is 1. The maximum atomic E-state index is 13.2. The lowest BCUT2D eigenvalue weighted by atomic mass is 9.92. The van der Waals surface area contributed by atoms with E-state index in [0.717, 1.165) is 37.0 Å². The van der Waals surface area contributed by atoms with Crippen LogP contribution in [0.5, 0.6) is 5.75 Å². The second kappa shape index (κ2) is 10.1. The molecule has 2 aliphatic rings. The first kappa shape index (κ1) is 24.8. The van der Waals surface area contributed by atoms with Crippen LogP contribution >= 0.6 is 0 Å². The molecule has 3 amide bonds. The first-order valence-electron chi connectivity index (χ1n) is 12.4. The van der Waals surface area contributed by atoms with Gasteiger partial charge in [0.05, 0.1) is 12.6 Å². The zero-order valence-corrected chi connectivity index (χ0v) is 21.0. The summed E-state index contributed by atoms with van der Waals surface area (Å²) in [6, 6.07) is 9.15. The van der Waals surface area contributed by atoms with Crippen molar-refractivity contribution in [3.05, 3.63) is 47.3 Å². The maximum absolute atomic E-state index is 13.2. The Hall–Kier alpha value is -3.36. The molecule has 0 bridgehead atoms. The summed E-state index contributed by atoms with van der Waals surface area (Å²) in [4.78, 5) is 40.5. The third-order valence-electron chi connectivity index (χ3n) is 6.91. The molecular weight excluding hydrogens is 446 g/mol. The Balaban J connectivity index is 1.42. The third-order valence-corrected chi connectivity index (χ3v) is 6.91. The van der Waals surface area contributed by atoms with Crippen LogP contribution in [0.1, 0.15) is 79.4 Å². The molecule has 9 heteroatoms. The normalized spacial score (nSPS) is 20.5. The van der Waals surface area contributed by atoms with Crippen molar-refractivity contribution in [2.45, 2.75) is 83.6 Å². The van der Waals surface area contributed by atoms with Gasteiger partial charge in [-0.2, -0.15) is 5.10 Å². The Morgan fingerprint density at radius 2 is 1.86 bits per heavy atom. The van der Waals surface area contributed by atoms with E-state index in [4.69, 9.17) is 4.74 Å². The van der Waals surface area contributed by atoms with E-state index in [0.29, 0.717) is 12.2 Å². The highest BCUT2D eigenvalue weighted by atomic mass is 16.5. The highest BCUT2D eigenvalue weighted by Gasteiger charge is 2.46. The van der Waals surface area contributed by atoms with Crippen molar-refractivity contribution < 1.29 is 19.1 Å². The summed E-state index contributed by atoms with van der Waals surface area (Å²) < 4.78 is 7.12. The maximum Gasteiger partial charge on any atom is 0.272 e. The molecule has 1 aliphatic carbocycles. The highest BCUT2D eigenvalue weighted by molar-refractivity contribution is 6.01. The van der Waals surface area contributed by atoms with Gasteiger partial charge >= 0.3 is 0 Å². The number of carbonyl (C=O) groups excluding carboxylic acids is 3. The molecule has 0 saturated heterocycles. The topological polar surface area (TPSA) is 106 Å². The highest BCUT2D eigenvalue weighted by Crippen LogP contribution is 2.27. The monoisotopic (exact) mass is 481 g/mol. The van der Waals surface area contributed by atoms with Gasteiger partial charge in [-0.25, -0.2) is 0 Å². The van der Waals surface area contributed by atoms with Gasteiger partial charge in [0.1, 0.15) is 17.0 Å². The van der Waals surface area contributed by atoms with Crippen LogP contribution < -0.4 is 15.4 Å². The van der Waals surface area contributed by atoms with E-state index in [1.54, 1.807) is 14.0 Å². The van der Waals surface area contributed by atoms with Gasteiger partial charge in [0.25, 0.3) is 11.8 Å². The van der Waals surface area contributed by atoms with Gasteiger partial charge in [-0.15, -0.1) is 0 Å². The fraction of sp³-hybridized carbons (Fsp3) is 0.538. The lowest BCUT2D eigenvalue weighted by Crippen LogP contribution is -2.63. The smallest absolute Gasteiger partial charge is 0.272 e. The Kier molecular flexibility index (Phi) is 7.14. The zero-order chi connectivity index (χ0) is 25.2. The van der Waals surface area contributed by atoms with Crippen LogP contribution in [0.4, 0.5) is 0 Å². The average molecular weight is 482 g/mol. The third kappa shape index (κ3) is 5.33. The molecule has 2 N–H and O–H groups in total. The van der Waals surface area contributed by atoms with Gasteiger partial charge in [-0.3, -0.25) is 19.1 Å². The lowest BCUT2D eigenvalue weighted by Gasteiger charge is -2.41. The number of hydrogen-bond donors (Lipinski definition) is 2. The van der Waals surface area contributed by atoms with E-state index in [2.05, 4.69) is 15.7 Å². The minimum Gasteiger partial charge on any atom is -0.491 e. The Morgan fingerprint density at radius 3 is 2.51 bits per heavy atom. The average Bonchev–Trinajstić information content (AvgIpc) is 3.26. The minimum absolute atomic E-state index is 0.0921. The predicted molar refractivity (Wildman–Crippen MR) is 131 cm³/mol. The van der Waals surface area contributed by atoms with Crippen molar-refractivity contribution in [3.8, 4) is 5.75 Å². The summed E-state index contributed by atoms with van der Waals surface area (Å²) in [5, 5.41) is 10.4. The number of amides is 3. The molecular formula is C26H35N5O4. The molecule has 35 heavy (non-hydrogen) atoms. The lowest BCUT2D eigenvalue weighted by molar-refractivity contribution is -0.133. The molecule has 1 fully saturated rings. The number of aromatic nitrogens is 2. The van der Waals surface area contributed by atoms with Gasteiger partial charge in [-0.1, -0.05) is 31.4 Å². The zero-order valence-electron chi connectivity index (χ0n) is 21.0. The summed E-state index contributed by atoms with van der Waals surface area (Å²) in [6.45, 7) is 6.19. The van der Waals surface area contributed by atoms with E-state index in [1.807, 2.05) is 38.1 Å². The summed E-state index contributed by atoms with van der Waals surface area (Å²) >= 11 is 0. The van der Waals surface area contributed by atoms with Crippen LogP contribution in [-0.2, 0) is 17.9 Å². The standard InChI is InChI=1S/C26H35N5O4/c1-17(2)35-20-12-10-18(11-13-20)15-27-23(32)21-14-22-24(33)30(4)26(3,16-31(22)29-21)25(34)28-19-8-6-5-7-9-19/h10-14,17,19H,5-9,15-16H2,1-4H3,(H,27,32)(H,28,34)/t26-/m1/s1. The van der Waals surface area contributed by atoms with Gasteiger partial charge in [0.2, 0.25) is 5.91 Å². The number of likely N-dealkylation sites (N-methyl/N-ethyl adjacent to an activating group) is 1. The number of rotatable bonds is 7. The Bertz CT molecular complexity index is 1090. The van der Waals surface area contributed by atoms with Crippen LogP contribution in [0.15, 0.2) is 30.3 Å². The van der Waals surface area contributed by atoms with Crippen LogP contribution in [0.3, 0.4) is 0 Å². The molecule has 2 heterocycles. The predicted octanol–water partition coefficient (Wildman–Crippen LogP) is 2.89. The van der Waals surface area contributed by atoms with Crippen LogP contribution in [0, 0.1) is 0 Å². The summed E-state index contributed by atoms with van der Waals surface area (Å²) in [5.41, 5.74) is 0.289. The van der Waals surface area contributed by atoms with E-state index in [-0.39, 0.29) is 42.1 Å². The van der Waals surface area contributed by atoms with E-state index in [1.165, 1.54) is 22.1 Å². The number of nitrogens with one attached hydrogen (secondary N) is 2.